The zero-order valence-corrected chi connectivity index (χ0v) is 14.2. The van der Waals surface area contributed by atoms with E-state index in [0.717, 1.165) is 21.8 Å². The van der Waals surface area contributed by atoms with Crippen molar-refractivity contribution in [3.05, 3.63) is 77.1 Å². The van der Waals surface area contributed by atoms with Gasteiger partial charge in [0.25, 0.3) is 11.5 Å². The van der Waals surface area contributed by atoms with Gasteiger partial charge in [-0.2, -0.15) is 4.57 Å². The number of aromatic nitrogens is 2. The van der Waals surface area contributed by atoms with Gasteiger partial charge in [-0.15, -0.1) is 0 Å². The molecule has 0 spiro atoms. The molecule has 3 nitrogen and oxygen atoms in total. The summed E-state index contributed by atoms with van der Waals surface area (Å²) < 4.78 is 3.95. The van der Waals surface area contributed by atoms with Crippen LogP contribution in [0.1, 0.15) is 16.1 Å². The zero-order valence-electron chi connectivity index (χ0n) is 13.5. The van der Waals surface area contributed by atoms with Crippen LogP contribution in [0.2, 0.25) is 5.02 Å². The Hall–Kier alpha value is -2.65. The van der Waals surface area contributed by atoms with Gasteiger partial charge in [0.2, 0.25) is 0 Å². The van der Waals surface area contributed by atoms with E-state index < -0.39 is 0 Å². The van der Waals surface area contributed by atoms with Crippen molar-refractivity contribution in [1.82, 2.24) is 4.57 Å². The predicted molar refractivity (Wildman–Crippen MR) is 96.5 cm³/mol. The third kappa shape index (κ3) is 2.05. The number of fused-ring (bicyclic) bond motifs is 3. The summed E-state index contributed by atoms with van der Waals surface area (Å²) in [6, 6.07) is 17.4. The average molecular weight is 336 g/mol. The van der Waals surface area contributed by atoms with Gasteiger partial charge in [-0.05, 0) is 18.2 Å². The summed E-state index contributed by atoms with van der Waals surface area (Å²) in [7, 11) is 3.88. The fourth-order valence-corrected chi connectivity index (χ4v) is 3.57. The van der Waals surface area contributed by atoms with Crippen molar-refractivity contribution in [3.8, 4) is 0 Å². The van der Waals surface area contributed by atoms with Crippen LogP contribution in [0.5, 0.6) is 0 Å². The second-order valence-corrected chi connectivity index (χ2v) is 6.33. The summed E-state index contributed by atoms with van der Waals surface area (Å²) in [4.78, 5) is 13.2. The molecule has 0 bridgehead atoms. The highest BCUT2D eigenvalue weighted by Crippen LogP contribution is 2.30. The molecule has 0 aliphatic rings. The Morgan fingerprint density at radius 1 is 1.00 bits per heavy atom. The minimum Gasteiger partial charge on any atom is -0.338 e. The molecule has 0 fully saturated rings. The highest BCUT2D eigenvalue weighted by Gasteiger charge is 2.27. The van der Waals surface area contributed by atoms with Crippen molar-refractivity contribution in [3.63, 3.8) is 0 Å². The number of para-hydroxylation sites is 1. The molecule has 0 radical (unpaired) electrons. The van der Waals surface area contributed by atoms with Crippen molar-refractivity contribution in [1.29, 1.82) is 0 Å². The first-order valence-corrected chi connectivity index (χ1v) is 8.12. The first-order valence-electron chi connectivity index (χ1n) is 7.74. The van der Waals surface area contributed by atoms with Crippen molar-refractivity contribution in [2.75, 3.05) is 0 Å². The third-order valence-electron chi connectivity index (χ3n) is 4.52. The van der Waals surface area contributed by atoms with E-state index >= 15 is 0 Å². The molecule has 0 N–H and O–H groups in total. The number of ketones is 1. The van der Waals surface area contributed by atoms with Crippen molar-refractivity contribution in [2.45, 2.75) is 0 Å². The van der Waals surface area contributed by atoms with Crippen LogP contribution in [0.4, 0.5) is 0 Å². The maximum absolute atomic E-state index is 13.2. The molecule has 0 unspecified atom stereocenters. The standard InChI is InChI=1S/C20H16ClN2O/c1-22-12-11-14-13-7-4-6-10-17(13)23(2)18(14)19(22)20(24)15-8-3-5-9-16(15)21/h3-12H,1-2H3/q+1. The number of pyridine rings is 1. The van der Waals surface area contributed by atoms with Crippen LogP contribution in [0.15, 0.2) is 60.8 Å². The second-order valence-electron chi connectivity index (χ2n) is 5.92. The lowest BCUT2D eigenvalue weighted by Gasteiger charge is -2.05. The van der Waals surface area contributed by atoms with Gasteiger partial charge in [-0.25, -0.2) is 0 Å². The number of benzene rings is 2. The Bertz CT molecular complexity index is 1110. The third-order valence-corrected chi connectivity index (χ3v) is 4.85. The molecule has 2 aromatic carbocycles. The summed E-state index contributed by atoms with van der Waals surface area (Å²) in [6.45, 7) is 0. The molecule has 0 amide bonds. The molecule has 0 atom stereocenters. The lowest BCUT2D eigenvalue weighted by Crippen LogP contribution is -2.36. The van der Waals surface area contributed by atoms with Crippen LogP contribution in [-0.4, -0.2) is 10.4 Å². The summed E-state index contributed by atoms with van der Waals surface area (Å²) in [6.07, 6.45) is 1.93. The predicted octanol–water partition coefficient (Wildman–Crippen LogP) is 4.04. The van der Waals surface area contributed by atoms with E-state index in [0.29, 0.717) is 16.3 Å². The molecular formula is C20H16ClN2O+. The average Bonchev–Trinajstić information content (AvgIpc) is 2.88. The Morgan fingerprint density at radius 2 is 1.71 bits per heavy atom. The smallest absolute Gasteiger partial charge is 0.278 e. The lowest BCUT2D eigenvalue weighted by molar-refractivity contribution is -0.672. The number of rotatable bonds is 2. The largest absolute Gasteiger partial charge is 0.338 e. The molecule has 2 heterocycles. The zero-order chi connectivity index (χ0) is 16.8. The number of hydrogen-bond acceptors (Lipinski definition) is 1. The van der Waals surface area contributed by atoms with Gasteiger partial charge in [0.1, 0.15) is 12.6 Å². The fourth-order valence-electron chi connectivity index (χ4n) is 3.35. The SMILES string of the molecule is Cn1c2ccccc2c2cc[n+](C)c(C(=O)c3ccccc3Cl)c21. The van der Waals surface area contributed by atoms with Crippen LogP contribution in [0, 0.1) is 0 Å². The van der Waals surface area contributed by atoms with Crippen LogP contribution < -0.4 is 4.57 Å². The molecule has 4 heteroatoms. The van der Waals surface area contributed by atoms with Gasteiger partial charge >= 0.3 is 0 Å². The summed E-state index contributed by atoms with van der Waals surface area (Å²) in [5.41, 5.74) is 3.19. The number of carbonyl (C=O) groups excluding carboxylic acids is 1. The number of carbonyl (C=O) groups is 1. The van der Waals surface area contributed by atoms with Crippen molar-refractivity contribution >= 4 is 39.2 Å². The van der Waals surface area contributed by atoms with Gasteiger partial charge in [0.05, 0.1) is 5.02 Å². The Labute approximate surface area is 144 Å². The van der Waals surface area contributed by atoms with Crippen molar-refractivity contribution in [2.24, 2.45) is 14.1 Å². The lowest BCUT2D eigenvalue weighted by atomic mass is 10.0. The maximum atomic E-state index is 13.2. The molecule has 0 aliphatic carbocycles. The summed E-state index contributed by atoms with van der Waals surface area (Å²) in [5, 5.41) is 2.68. The van der Waals surface area contributed by atoms with E-state index in [1.165, 1.54) is 0 Å². The fraction of sp³-hybridized carbons (Fsp3) is 0.100. The van der Waals surface area contributed by atoms with E-state index in [1.807, 2.05) is 49.1 Å². The molecule has 0 aliphatic heterocycles. The second kappa shape index (κ2) is 5.46. The van der Waals surface area contributed by atoms with E-state index in [9.17, 15) is 4.79 Å². The number of hydrogen-bond donors (Lipinski definition) is 0. The van der Waals surface area contributed by atoms with Crippen molar-refractivity contribution < 1.29 is 9.36 Å². The molecular weight excluding hydrogens is 320 g/mol. The number of halogens is 1. The first-order chi connectivity index (χ1) is 11.6. The van der Waals surface area contributed by atoms with Gasteiger partial charge < -0.3 is 4.57 Å². The minimum absolute atomic E-state index is 0.0698. The Morgan fingerprint density at radius 3 is 2.50 bits per heavy atom. The Balaban J connectivity index is 2.10. The van der Waals surface area contributed by atoms with Gasteiger partial charge in [-0.3, -0.25) is 4.79 Å². The highest BCUT2D eigenvalue weighted by atomic mass is 35.5. The quantitative estimate of drug-likeness (QED) is 0.401. The first kappa shape index (κ1) is 14.9. The minimum atomic E-state index is -0.0698. The van der Waals surface area contributed by atoms with Crippen LogP contribution >= 0.6 is 11.6 Å². The molecule has 24 heavy (non-hydrogen) atoms. The molecule has 2 aromatic heterocycles. The molecule has 0 saturated carbocycles. The monoisotopic (exact) mass is 335 g/mol. The summed E-state index contributed by atoms with van der Waals surface area (Å²) >= 11 is 6.25. The van der Waals surface area contributed by atoms with Crippen LogP contribution in [0.25, 0.3) is 21.8 Å². The maximum Gasteiger partial charge on any atom is 0.278 e. The number of aryl methyl sites for hydroxylation is 2. The topological polar surface area (TPSA) is 25.9 Å². The van der Waals surface area contributed by atoms with Crippen LogP contribution in [0.3, 0.4) is 0 Å². The van der Waals surface area contributed by atoms with E-state index in [-0.39, 0.29) is 5.78 Å². The van der Waals surface area contributed by atoms with E-state index in [4.69, 9.17) is 11.6 Å². The normalized spacial score (nSPS) is 11.3. The highest BCUT2D eigenvalue weighted by molar-refractivity contribution is 6.35. The summed E-state index contributed by atoms with van der Waals surface area (Å²) in [5.74, 6) is -0.0698. The van der Waals surface area contributed by atoms with E-state index in [2.05, 4.69) is 22.8 Å². The van der Waals surface area contributed by atoms with Crippen LogP contribution in [-0.2, 0) is 14.1 Å². The molecule has 4 aromatic rings. The Kier molecular flexibility index (Phi) is 3.39. The van der Waals surface area contributed by atoms with Gasteiger partial charge in [0, 0.05) is 35.0 Å². The molecule has 4 rings (SSSR count). The molecule has 0 saturated heterocycles. The van der Waals surface area contributed by atoms with E-state index in [1.54, 1.807) is 12.1 Å². The van der Waals surface area contributed by atoms with Gasteiger partial charge in [-0.1, -0.05) is 41.9 Å². The number of nitrogens with zero attached hydrogens (tertiary/aromatic N) is 2. The van der Waals surface area contributed by atoms with Gasteiger partial charge in [0.15, 0.2) is 6.20 Å². The molecule has 118 valence electrons.